The summed E-state index contributed by atoms with van der Waals surface area (Å²) in [6, 6.07) is 17.6. The Morgan fingerprint density at radius 1 is 1.18 bits per heavy atom. The summed E-state index contributed by atoms with van der Waals surface area (Å²) in [6.45, 7) is 5.18. The van der Waals surface area contributed by atoms with Crippen LogP contribution in [0.3, 0.4) is 0 Å². The van der Waals surface area contributed by atoms with Crippen molar-refractivity contribution in [2.75, 3.05) is 13.7 Å². The maximum Gasteiger partial charge on any atom is 0.254 e. The normalized spacial score (nSPS) is 10.5. The second-order valence-electron chi connectivity index (χ2n) is 6.46. The van der Waals surface area contributed by atoms with Crippen molar-refractivity contribution in [3.05, 3.63) is 102 Å². The first kappa shape index (κ1) is 19.4. The van der Waals surface area contributed by atoms with E-state index >= 15 is 0 Å². The molecule has 0 atom stereocenters. The fraction of sp³-hybridized carbons (Fsp3) is 0.174. The number of nitrogens with zero attached hydrogens (tertiary/aromatic N) is 2. The summed E-state index contributed by atoms with van der Waals surface area (Å²) in [6.07, 6.45) is 3.65. The van der Waals surface area contributed by atoms with E-state index in [2.05, 4.69) is 11.1 Å². The van der Waals surface area contributed by atoms with Gasteiger partial charge in [-0.2, -0.15) is 0 Å². The first-order chi connectivity index (χ1) is 13.6. The zero-order valence-electron chi connectivity index (χ0n) is 15.8. The number of hydrogen-bond donors (Lipinski definition) is 0. The van der Waals surface area contributed by atoms with E-state index in [9.17, 15) is 9.18 Å². The average Bonchev–Trinajstić information content (AvgIpc) is 3.14. The van der Waals surface area contributed by atoms with Crippen LogP contribution in [0.4, 0.5) is 4.39 Å². The maximum absolute atomic E-state index is 13.5. The van der Waals surface area contributed by atoms with Gasteiger partial charge in [-0.15, -0.1) is 6.58 Å². The van der Waals surface area contributed by atoms with Gasteiger partial charge in [0.15, 0.2) is 0 Å². The standard InChI is InChI=1S/C23H23FN2O2/c1-3-12-26(23(27)19-8-5-9-20(24)15-19)17-21-10-6-13-25(21)16-18-7-4-11-22(14-18)28-2/h3-11,13-15H,1,12,16-17H2,2H3. The summed E-state index contributed by atoms with van der Waals surface area (Å²) < 4.78 is 20.9. The Hall–Kier alpha value is -3.34. The topological polar surface area (TPSA) is 34.5 Å². The molecule has 0 N–H and O–H groups in total. The third-order valence-electron chi connectivity index (χ3n) is 4.47. The number of rotatable bonds is 8. The monoisotopic (exact) mass is 378 g/mol. The van der Waals surface area contributed by atoms with Crippen LogP contribution in [0.25, 0.3) is 0 Å². The van der Waals surface area contributed by atoms with Crippen LogP contribution in [0.15, 0.2) is 79.5 Å². The molecule has 0 saturated carbocycles. The van der Waals surface area contributed by atoms with Crippen LogP contribution in [0.5, 0.6) is 5.75 Å². The Morgan fingerprint density at radius 3 is 2.75 bits per heavy atom. The van der Waals surface area contributed by atoms with Crippen LogP contribution in [-0.2, 0) is 13.1 Å². The van der Waals surface area contributed by atoms with Gasteiger partial charge in [-0.1, -0.05) is 24.3 Å². The molecule has 2 aromatic carbocycles. The van der Waals surface area contributed by atoms with Crippen molar-refractivity contribution in [3.8, 4) is 5.75 Å². The van der Waals surface area contributed by atoms with Crippen molar-refractivity contribution in [2.24, 2.45) is 0 Å². The van der Waals surface area contributed by atoms with Gasteiger partial charge in [0.05, 0.1) is 13.7 Å². The summed E-state index contributed by atoms with van der Waals surface area (Å²) >= 11 is 0. The van der Waals surface area contributed by atoms with Gasteiger partial charge < -0.3 is 14.2 Å². The summed E-state index contributed by atoms with van der Waals surface area (Å²) in [5.74, 6) is 0.153. The Balaban J connectivity index is 1.80. The lowest BCUT2D eigenvalue weighted by molar-refractivity contribution is 0.0759. The van der Waals surface area contributed by atoms with E-state index in [-0.39, 0.29) is 5.91 Å². The van der Waals surface area contributed by atoms with Crippen molar-refractivity contribution < 1.29 is 13.9 Å². The highest BCUT2D eigenvalue weighted by Crippen LogP contribution is 2.17. The molecule has 0 aliphatic heterocycles. The fourth-order valence-corrected chi connectivity index (χ4v) is 3.09. The minimum absolute atomic E-state index is 0.228. The summed E-state index contributed by atoms with van der Waals surface area (Å²) in [5.41, 5.74) is 2.41. The predicted molar refractivity (Wildman–Crippen MR) is 108 cm³/mol. The van der Waals surface area contributed by atoms with E-state index in [1.54, 1.807) is 30.2 Å². The first-order valence-electron chi connectivity index (χ1n) is 9.03. The number of benzene rings is 2. The van der Waals surface area contributed by atoms with E-state index in [0.29, 0.717) is 25.2 Å². The number of amides is 1. The van der Waals surface area contributed by atoms with E-state index in [0.717, 1.165) is 17.0 Å². The van der Waals surface area contributed by atoms with Crippen LogP contribution in [0.2, 0.25) is 0 Å². The number of methoxy groups -OCH3 is 1. The van der Waals surface area contributed by atoms with Crippen molar-refractivity contribution in [1.82, 2.24) is 9.47 Å². The van der Waals surface area contributed by atoms with E-state index in [1.807, 2.05) is 42.6 Å². The number of aromatic nitrogens is 1. The van der Waals surface area contributed by atoms with Gasteiger partial charge in [0.25, 0.3) is 5.91 Å². The van der Waals surface area contributed by atoms with E-state index in [4.69, 9.17) is 4.74 Å². The molecule has 0 aliphatic carbocycles. The minimum atomic E-state index is -0.425. The molecular weight excluding hydrogens is 355 g/mol. The van der Waals surface area contributed by atoms with Crippen molar-refractivity contribution in [2.45, 2.75) is 13.1 Å². The molecule has 0 spiro atoms. The van der Waals surface area contributed by atoms with Crippen LogP contribution in [0.1, 0.15) is 21.6 Å². The summed E-state index contributed by atoms with van der Waals surface area (Å²) in [4.78, 5) is 14.5. The zero-order valence-corrected chi connectivity index (χ0v) is 15.8. The number of carbonyl (C=O) groups excluding carboxylic acids is 1. The number of hydrogen-bond acceptors (Lipinski definition) is 2. The lowest BCUT2D eigenvalue weighted by atomic mass is 10.2. The number of ether oxygens (including phenoxy) is 1. The highest BCUT2D eigenvalue weighted by atomic mass is 19.1. The van der Waals surface area contributed by atoms with E-state index < -0.39 is 5.82 Å². The van der Waals surface area contributed by atoms with Crippen LogP contribution in [-0.4, -0.2) is 29.0 Å². The van der Waals surface area contributed by atoms with Crippen LogP contribution in [0, 0.1) is 5.82 Å². The lowest BCUT2D eigenvalue weighted by Crippen LogP contribution is -2.31. The largest absolute Gasteiger partial charge is 0.497 e. The molecule has 1 heterocycles. The Kier molecular flexibility index (Phi) is 6.27. The minimum Gasteiger partial charge on any atom is -0.497 e. The molecule has 1 aromatic heterocycles. The summed E-state index contributed by atoms with van der Waals surface area (Å²) in [5, 5.41) is 0. The van der Waals surface area contributed by atoms with Crippen molar-refractivity contribution >= 4 is 5.91 Å². The number of halogens is 1. The SMILES string of the molecule is C=CCN(Cc1cccn1Cc1cccc(OC)c1)C(=O)c1cccc(F)c1. The smallest absolute Gasteiger partial charge is 0.254 e. The van der Waals surface area contributed by atoms with Gasteiger partial charge in [-0.25, -0.2) is 4.39 Å². The van der Waals surface area contributed by atoms with Crippen molar-refractivity contribution in [3.63, 3.8) is 0 Å². The highest BCUT2D eigenvalue weighted by molar-refractivity contribution is 5.94. The second kappa shape index (κ2) is 9.04. The average molecular weight is 378 g/mol. The molecule has 0 unspecified atom stereocenters. The van der Waals surface area contributed by atoms with E-state index in [1.165, 1.54) is 12.1 Å². The van der Waals surface area contributed by atoms with Gasteiger partial charge >= 0.3 is 0 Å². The molecule has 3 aromatic rings. The molecule has 1 amide bonds. The Morgan fingerprint density at radius 2 is 2.00 bits per heavy atom. The molecule has 0 radical (unpaired) electrons. The molecule has 5 heteroatoms. The van der Waals surface area contributed by atoms with Gasteiger partial charge in [0.2, 0.25) is 0 Å². The van der Waals surface area contributed by atoms with Gasteiger partial charge in [-0.05, 0) is 48.0 Å². The third kappa shape index (κ3) is 4.68. The fourth-order valence-electron chi connectivity index (χ4n) is 3.09. The molecule has 3 rings (SSSR count). The molecule has 0 bridgehead atoms. The van der Waals surface area contributed by atoms with Crippen LogP contribution >= 0.6 is 0 Å². The zero-order chi connectivity index (χ0) is 19.9. The van der Waals surface area contributed by atoms with Gasteiger partial charge in [0.1, 0.15) is 11.6 Å². The first-order valence-corrected chi connectivity index (χ1v) is 9.03. The molecule has 0 fully saturated rings. The highest BCUT2D eigenvalue weighted by Gasteiger charge is 2.17. The third-order valence-corrected chi connectivity index (χ3v) is 4.47. The molecule has 4 nitrogen and oxygen atoms in total. The predicted octanol–water partition coefficient (Wildman–Crippen LogP) is 4.51. The Bertz CT molecular complexity index is 964. The maximum atomic E-state index is 13.5. The van der Waals surface area contributed by atoms with Crippen molar-refractivity contribution in [1.29, 1.82) is 0 Å². The Labute approximate surface area is 164 Å². The van der Waals surface area contributed by atoms with Gasteiger partial charge in [-0.3, -0.25) is 4.79 Å². The lowest BCUT2D eigenvalue weighted by Gasteiger charge is -2.22. The molecule has 144 valence electrons. The number of carbonyl (C=O) groups is 1. The van der Waals surface area contributed by atoms with Crippen LogP contribution < -0.4 is 4.74 Å². The molecule has 0 saturated heterocycles. The molecular formula is C23H23FN2O2. The summed E-state index contributed by atoms with van der Waals surface area (Å²) in [7, 11) is 1.64. The molecule has 28 heavy (non-hydrogen) atoms. The second-order valence-corrected chi connectivity index (χ2v) is 6.46. The van der Waals surface area contributed by atoms with Gasteiger partial charge in [0, 0.05) is 30.5 Å². The quantitative estimate of drug-likeness (QED) is 0.541. The molecule has 0 aliphatic rings.